The minimum absolute atomic E-state index is 0.250. The summed E-state index contributed by atoms with van der Waals surface area (Å²) in [6.45, 7) is 6.93. The second-order valence-corrected chi connectivity index (χ2v) is 6.64. The van der Waals surface area contributed by atoms with E-state index in [0.29, 0.717) is 12.4 Å². The van der Waals surface area contributed by atoms with E-state index in [1.54, 1.807) is 14.0 Å². The van der Waals surface area contributed by atoms with Crippen LogP contribution in [0.3, 0.4) is 0 Å². The molecule has 6 nitrogen and oxygen atoms in total. The Morgan fingerprint density at radius 3 is 2.58 bits per heavy atom. The number of nitrogens with two attached hydrogens (primary N) is 1. The molecule has 0 bridgehead atoms. The van der Waals surface area contributed by atoms with Crippen LogP contribution >= 0.6 is 15.9 Å². The van der Waals surface area contributed by atoms with Crippen molar-refractivity contribution in [3.8, 4) is 5.75 Å². The zero-order chi connectivity index (χ0) is 19.5. The van der Waals surface area contributed by atoms with Crippen molar-refractivity contribution in [2.75, 3.05) is 31.3 Å². The number of hydrogen-bond acceptors (Lipinski definition) is 6. The molecule has 0 radical (unpaired) electrons. The fourth-order valence-electron chi connectivity index (χ4n) is 2.41. The first-order chi connectivity index (χ1) is 12.5. The van der Waals surface area contributed by atoms with Crippen LogP contribution in [-0.2, 0) is 6.42 Å². The molecule has 0 fully saturated rings. The number of nitrogen functional groups attached to an aromatic ring is 1. The standard InChI is InChI=1S/C17H23BrN4O.C2H6O/c1-4-5-8-20-16-14(11(2)21-17(19)22-16)9-12-6-7-13(18)10-15(12)23-3;1-2-3/h6-7,10H,4-5,8-9H2,1-3H3,(H3,19,20,21,22);3H,2H2,1H3. The number of benzene rings is 1. The van der Waals surface area contributed by atoms with Crippen LogP contribution in [0.2, 0.25) is 0 Å². The largest absolute Gasteiger partial charge is 0.496 e. The van der Waals surface area contributed by atoms with Gasteiger partial charge in [0.2, 0.25) is 5.95 Å². The number of unbranched alkanes of at least 4 members (excludes halogenated alkanes) is 1. The molecule has 4 N–H and O–H groups in total. The van der Waals surface area contributed by atoms with Crippen LogP contribution in [0.15, 0.2) is 22.7 Å². The van der Waals surface area contributed by atoms with E-state index in [1.165, 1.54) is 0 Å². The van der Waals surface area contributed by atoms with Crippen LogP contribution in [0.5, 0.6) is 5.75 Å². The number of aromatic nitrogens is 2. The van der Waals surface area contributed by atoms with Gasteiger partial charge in [-0.05, 0) is 38.0 Å². The number of aliphatic hydroxyl groups excluding tert-OH is 1. The maximum atomic E-state index is 7.57. The Kier molecular flexibility index (Phi) is 9.98. The minimum Gasteiger partial charge on any atom is -0.496 e. The Morgan fingerprint density at radius 2 is 1.96 bits per heavy atom. The molecular formula is C19H29BrN4O2. The first kappa shape index (κ1) is 22.2. The fourth-order valence-corrected chi connectivity index (χ4v) is 2.75. The van der Waals surface area contributed by atoms with E-state index in [2.05, 4.69) is 44.2 Å². The number of aliphatic hydroxyl groups is 1. The lowest BCUT2D eigenvalue weighted by Crippen LogP contribution is -2.11. The van der Waals surface area contributed by atoms with Crippen molar-refractivity contribution in [2.24, 2.45) is 0 Å². The van der Waals surface area contributed by atoms with Crippen LogP contribution in [0.1, 0.15) is 43.5 Å². The molecular weight excluding hydrogens is 396 g/mol. The number of ether oxygens (including phenoxy) is 1. The van der Waals surface area contributed by atoms with Crippen LogP contribution in [-0.4, -0.2) is 35.3 Å². The van der Waals surface area contributed by atoms with Crippen LogP contribution < -0.4 is 15.8 Å². The highest BCUT2D eigenvalue weighted by Crippen LogP contribution is 2.28. The molecule has 1 aromatic carbocycles. The van der Waals surface area contributed by atoms with E-state index < -0.39 is 0 Å². The summed E-state index contributed by atoms with van der Waals surface area (Å²) in [7, 11) is 1.68. The van der Waals surface area contributed by atoms with Crippen molar-refractivity contribution in [1.82, 2.24) is 9.97 Å². The van der Waals surface area contributed by atoms with Crippen molar-refractivity contribution >= 4 is 27.7 Å². The number of halogens is 1. The minimum atomic E-state index is 0.250. The summed E-state index contributed by atoms with van der Waals surface area (Å²) < 4.78 is 6.47. The van der Waals surface area contributed by atoms with Gasteiger partial charge in [0, 0.05) is 35.3 Å². The third-order valence-electron chi connectivity index (χ3n) is 3.67. The number of anilines is 2. The van der Waals surface area contributed by atoms with Gasteiger partial charge in [-0.2, -0.15) is 4.98 Å². The second kappa shape index (κ2) is 11.7. The summed E-state index contributed by atoms with van der Waals surface area (Å²) in [6, 6.07) is 6.02. The van der Waals surface area contributed by atoms with Gasteiger partial charge < -0.3 is 20.9 Å². The quantitative estimate of drug-likeness (QED) is 0.582. The van der Waals surface area contributed by atoms with Crippen molar-refractivity contribution in [3.05, 3.63) is 39.5 Å². The average molecular weight is 425 g/mol. The Balaban J connectivity index is 0.00000105. The molecule has 1 heterocycles. The fraction of sp³-hybridized carbons (Fsp3) is 0.474. The molecule has 0 aliphatic carbocycles. The number of nitrogens with one attached hydrogen (secondary N) is 1. The lowest BCUT2D eigenvalue weighted by Gasteiger charge is -2.15. The van der Waals surface area contributed by atoms with Gasteiger partial charge in [-0.3, -0.25) is 0 Å². The maximum absolute atomic E-state index is 7.57. The van der Waals surface area contributed by atoms with Crippen LogP contribution in [0.25, 0.3) is 0 Å². The third-order valence-corrected chi connectivity index (χ3v) is 4.16. The van der Waals surface area contributed by atoms with Gasteiger partial charge in [-0.1, -0.05) is 35.3 Å². The van der Waals surface area contributed by atoms with Crippen molar-refractivity contribution in [2.45, 2.75) is 40.0 Å². The number of nitrogens with zero attached hydrogens (tertiary/aromatic N) is 2. The molecule has 2 aromatic rings. The molecule has 7 heteroatoms. The molecule has 0 spiro atoms. The summed E-state index contributed by atoms with van der Waals surface area (Å²) in [4.78, 5) is 8.69. The van der Waals surface area contributed by atoms with Crippen molar-refractivity contribution in [3.63, 3.8) is 0 Å². The summed E-state index contributed by atoms with van der Waals surface area (Å²) in [5, 5.41) is 11.0. The number of hydrogen-bond donors (Lipinski definition) is 3. The number of rotatable bonds is 7. The Labute approximate surface area is 164 Å². The first-order valence-corrected chi connectivity index (χ1v) is 9.56. The van der Waals surface area contributed by atoms with E-state index in [-0.39, 0.29) is 6.61 Å². The molecule has 1 aromatic heterocycles. The van der Waals surface area contributed by atoms with Gasteiger partial charge in [0.1, 0.15) is 11.6 Å². The van der Waals surface area contributed by atoms with Crippen molar-refractivity contribution in [1.29, 1.82) is 0 Å². The zero-order valence-corrected chi connectivity index (χ0v) is 17.6. The maximum Gasteiger partial charge on any atom is 0.222 e. The Hall–Kier alpha value is -1.86. The molecule has 0 atom stereocenters. The smallest absolute Gasteiger partial charge is 0.222 e. The summed E-state index contributed by atoms with van der Waals surface area (Å²) in [5.41, 5.74) is 8.84. The molecule has 26 heavy (non-hydrogen) atoms. The van der Waals surface area contributed by atoms with Gasteiger partial charge in [-0.15, -0.1) is 0 Å². The van der Waals surface area contributed by atoms with Gasteiger partial charge >= 0.3 is 0 Å². The molecule has 0 saturated carbocycles. The predicted molar refractivity (Wildman–Crippen MR) is 111 cm³/mol. The van der Waals surface area contributed by atoms with E-state index in [9.17, 15) is 0 Å². The molecule has 2 rings (SSSR count). The van der Waals surface area contributed by atoms with Gasteiger partial charge in [0.25, 0.3) is 0 Å². The summed E-state index contributed by atoms with van der Waals surface area (Å²) >= 11 is 3.47. The molecule has 0 saturated heterocycles. The highest BCUT2D eigenvalue weighted by molar-refractivity contribution is 9.10. The Morgan fingerprint density at radius 1 is 1.27 bits per heavy atom. The monoisotopic (exact) mass is 424 g/mol. The van der Waals surface area contributed by atoms with Crippen LogP contribution in [0.4, 0.5) is 11.8 Å². The summed E-state index contributed by atoms with van der Waals surface area (Å²) in [5.74, 6) is 1.96. The highest BCUT2D eigenvalue weighted by Gasteiger charge is 2.14. The number of aryl methyl sites for hydroxylation is 1. The molecule has 0 aliphatic heterocycles. The first-order valence-electron chi connectivity index (χ1n) is 8.76. The Bertz CT molecular complexity index is 695. The van der Waals surface area contributed by atoms with E-state index >= 15 is 0 Å². The molecule has 0 aliphatic rings. The lowest BCUT2D eigenvalue weighted by atomic mass is 10.0. The average Bonchev–Trinajstić information content (AvgIpc) is 2.59. The second-order valence-electron chi connectivity index (χ2n) is 5.72. The topological polar surface area (TPSA) is 93.3 Å². The van der Waals surface area contributed by atoms with Gasteiger partial charge in [0.05, 0.1) is 7.11 Å². The summed E-state index contributed by atoms with van der Waals surface area (Å²) in [6.07, 6.45) is 2.91. The van der Waals surface area contributed by atoms with E-state index in [0.717, 1.165) is 52.2 Å². The number of methoxy groups -OCH3 is 1. The third kappa shape index (κ3) is 6.80. The molecule has 144 valence electrons. The van der Waals surface area contributed by atoms with Gasteiger partial charge in [0.15, 0.2) is 0 Å². The molecule has 0 unspecified atom stereocenters. The predicted octanol–water partition coefficient (Wildman–Crippen LogP) is 3.94. The zero-order valence-electron chi connectivity index (χ0n) is 16.0. The van der Waals surface area contributed by atoms with Gasteiger partial charge in [-0.25, -0.2) is 4.98 Å². The lowest BCUT2D eigenvalue weighted by molar-refractivity contribution is 0.318. The normalized spacial score (nSPS) is 10.1. The molecule has 0 amide bonds. The van der Waals surface area contributed by atoms with E-state index in [1.807, 2.05) is 19.1 Å². The van der Waals surface area contributed by atoms with Crippen molar-refractivity contribution < 1.29 is 9.84 Å². The van der Waals surface area contributed by atoms with E-state index in [4.69, 9.17) is 15.6 Å². The SMILES string of the molecule is CCCCNc1nc(N)nc(C)c1Cc1ccc(Br)cc1OC.CCO. The van der Waals surface area contributed by atoms with Crippen LogP contribution in [0, 0.1) is 6.92 Å². The highest BCUT2D eigenvalue weighted by atomic mass is 79.9.